The van der Waals surface area contributed by atoms with Crippen LogP contribution in [0.25, 0.3) is 0 Å². The van der Waals surface area contributed by atoms with Gasteiger partial charge in [-0.2, -0.15) is 0 Å². The highest BCUT2D eigenvalue weighted by molar-refractivity contribution is 6.08. The zero-order valence-corrected chi connectivity index (χ0v) is 17.1. The molecule has 0 saturated heterocycles. The number of nitrogens with zero attached hydrogens (tertiary/aromatic N) is 1. The van der Waals surface area contributed by atoms with Crippen molar-refractivity contribution >= 4 is 23.2 Å². The van der Waals surface area contributed by atoms with Crippen LogP contribution < -0.4 is 15.0 Å². The number of benzene rings is 3. The van der Waals surface area contributed by atoms with E-state index in [-0.39, 0.29) is 17.9 Å². The number of fused-ring (bicyclic) bond motifs is 1. The summed E-state index contributed by atoms with van der Waals surface area (Å²) in [5.41, 5.74) is 3.85. The Kier molecular flexibility index (Phi) is 5.53. The van der Waals surface area contributed by atoms with Gasteiger partial charge in [0.05, 0.1) is 11.7 Å². The van der Waals surface area contributed by atoms with Gasteiger partial charge in [0.1, 0.15) is 5.75 Å². The maximum absolute atomic E-state index is 12.9. The van der Waals surface area contributed by atoms with E-state index in [1.807, 2.05) is 43.0 Å². The lowest BCUT2D eigenvalue weighted by Gasteiger charge is -2.17. The number of amides is 2. The lowest BCUT2D eigenvalue weighted by molar-refractivity contribution is 0.0987. The third-order valence-electron chi connectivity index (χ3n) is 5.02. The average molecular weight is 400 g/mol. The van der Waals surface area contributed by atoms with Gasteiger partial charge in [-0.1, -0.05) is 30.3 Å². The van der Waals surface area contributed by atoms with Gasteiger partial charge in [-0.05, 0) is 68.3 Å². The smallest absolute Gasteiger partial charge is 0.259 e. The van der Waals surface area contributed by atoms with Crippen molar-refractivity contribution in [2.45, 2.75) is 26.4 Å². The monoisotopic (exact) mass is 400 g/mol. The Balaban J connectivity index is 1.47. The van der Waals surface area contributed by atoms with Crippen molar-refractivity contribution in [3.05, 3.63) is 89.5 Å². The van der Waals surface area contributed by atoms with E-state index >= 15 is 0 Å². The Hall–Kier alpha value is -3.60. The molecule has 3 aromatic rings. The molecule has 30 heavy (non-hydrogen) atoms. The minimum Gasteiger partial charge on any atom is -0.490 e. The number of nitrogens with one attached hydrogen (secondary N) is 1. The van der Waals surface area contributed by atoms with Crippen molar-refractivity contribution in [2.75, 3.05) is 16.8 Å². The van der Waals surface area contributed by atoms with Crippen molar-refractivity contribution in [1.82, 2.24) is 0 Å². The first-order valence-electron chi connectivity index (χ1n) is 10.1. The predicted molar refractivity (Wildman–Crippen MR) is 118 cm³/mol. The van der Waals surface area contributed by atoms with Crippen LogP contribution in [0.15, 0.2) is 72.8 Å². The fourth-order valence-corrected chi connectivity index (χ4v) is 3.61. The van der Waals surface area contributed by atoms with E-state index in [4.69, 9.17) is 4.74 Å². The van der Waals surface area contributed by atoms with Crippen LogP contribution in [0.3, 0.4) is 0 Å². The molecule has 0 unspecified atom stereocenters. The van der Waals surface area contributed by atoms with Crippen molar-refractivity contribution in [1.29, 1.82) is 0 Å². The minimum absolute atomic E-state index is 0.0278. The normalized spacial score (nSPS) is 12.6. The Labute approximate surface area is 176 Å². The molecule has 5 heteroatoms. The highest BCUT2D eigenvalue weighted by atomic mass is 16.5. The Morgan fingerprint density at radius 3 is 2.40 bits per heavy atom. The molecule has 4 rings (SSSR count). The molecule has 1 heterocycles. The largest absolute Gasteiger partial charge is 0.490 e. The second-order valence-corrected chi connectivity index (χ2v) is 7.53. The first kappa shape index (κ1) is 19.7. The predicted octanol–water partition coefficient (Wildman–Crippen LogP) is 4.93. The molecule has 0 aromatic heterocycles. The fraction of sp³-hybridized carbons (Fsp3) is 0.200. The van der Waals surface area contributed by atoms with Gasteiger partial charge in [0.2, 0.25) is 0 Å². The van der Waals surface area contributed by atoms with E-state index < -0.39 is 0 Å². The van der Waals surface area contributed by atoms with Crippen molar-refractivity contribution in [3.8, 4) is 5.75 Å². The number of hydrogen-bond donors (Lipinski definition) is 1. The second kappa shape index (κ2) is 8.41. The molecule has 0 saturated carbocycles. The van der Waals surface area contributed by atoms with Crippen LogP contribution in [0.1, 0.15) is 40.1 Å². The quantitative estimate of drug-likeness (QED) is 0.661. The van der Waals surface area contributed by atoms with Crippen LogP contribution in [-0.4, -0.2) is 24.5 Å². The first-order valence-corrected chi connectivity index (χ1v) is 10.1. The van der Waals surface area contributed by atoms with Crippen molar-refractivity contribution in [3.63, 3.8) is 0 Å². The van der Waals surface area contributed by atoms with E-state index in [9.17, 15) is 9.59 Å². The van der Waals surface area contributed by atoms with Crippen LogP contribution in [0, 0.1) is 0 Å². The van der Waals surface area contributed by atoms with Gasteiger partial charge in [0.15, 0.2) is 0 Å². The van der Waals surface area contributed by atoms with Crippen LogP contribution in [0.4, 0.5) is 11.4 Å². The topological polar surface area (TPSA) is 58.6 Å². The number of hydrogen-bond acceptors (Lipinski definition) is 3. The van der Waals surface area contributed by atoms with E-state index in [1.54, 1.807) is 42.5 Å². The van der Waals surface area contributed by atoms with Crippen LogP contribution in [-0.2, 0) is 6.42 Å². The van der Waals surface area contributed by atoms with Crippen LogP contribution in [0.2, 0.25) is 0 Å². The van der Waals surface area contributed by atoms with E-state index in [0.717, 1.165) is 12.1 Å². The second-order valence-electron chi connectivity index (χ2n) is 7.53. The number of para-hydroxylation sites is 2. The summed E-state index contributed by atoms with van der Waals surface area (Å²) in [7, 11) is 0. The SMILES string of the molecule is CC(C)Oc1ccccc1C(=O)Nc1ccc(C(=O)N2CCc3ccccc32)cc1. The van der Waals surface area contributed by atoms with Gasteiger partial charge < -0.3 is 15.0 Å². The van der Waals surface area contributed by atoms with Gasteiger partial charge >= 0.3 is 0 Å². The zero-order chi connectivity index (χ0) is 21.1. The maximum Gasteiger partial charge on any atom is 0.259 e. The average Bonchev–Trinajstić information content (AvgIpc) is 3.18. The first-order chi connectivity index (χ1) is 14.5. The molecule has 5 nitrogen and oxygen atoms in total. The summed E-state index contributed by atoms with van der Waals surface area (Å²) in [6.07, 6.45) is 0.841. The molecule has 1 aliphatic rings. The fourth-order valence-electron chi connectivity index (χ4n) is 3.61. The lowest BCUT2D eigenvalue weighted by Crippen LogP contribution is -2.28. The van der Waals surface area contributed by atoms with Gasteiger partial charge in [-0.15, -0.1) is 0 Å². The standard InChI is InChI=1S/C25H24N2O3/c1-17(2)30-23-10-6-4-8-21(23)24(28)26-20-13-11-19(12-14-20)25(29)27-16-15-18-7-3-5-9-22(18)27/h3-14,17H,15-16H2,1-2H3,(H,26,28). The Morgan fingerprint density at radius 1 is 0.933 bits per heavy atom. The number of carbonyl (C=O) groups excluding carboxylic acids is 2. The third kappa shape index (κ3) is 4.06. The zero-order valence-electron chi connectivity index (χ0n) is 17.1. The summed E-state index contributed by atoms with van der Waals surface area (Å²) in [5.74, 6) is 0.261. The molecule has 0 spiro atoms. The number of rotatable bonds is 5. The summed E-state index contributed by atoms with van der Waals surface area (Å²) in [6, 6.07) is 22.1. The summed E-state index contributed by atoms with van der Waals surface area (Å²) in [4.78, 5) is 27.5. The molecule has 1 N–H and O–H groups in total. The highest BCUT2D eigenvalue weighted by Gasteiger charge is 2.25. The van der Waals surface area contributed by atoms with Gasteiger partial charge in [-0.3, -0.25) is 9.59 Å². The molecular formula is C25H24N2O3. The van der Waals surface area contributed by atoms with Crippen LogP contribution >= 0.6 is 0 Å². The number of ether oxygens (including phenoxy) is 1. The minimum atomic E-state index is -0.251. The van der Waals surface area contributed by atoms with E-state index in [1.165, 1.54) is 5.56 Å². The van der Waals surface area contributed by atoms with Crippen LogP contribution in [0.5, 0.6) is 5.75 Å². The molecule has 152 valence electrons. The molecule has 0 fully saturated rings. The van der Waals surface area contributed by atoms with Crippen molar-refractivity contribution in [2.24, 2.45) is 0 Å². The Morgan fingerprint density at radius 2 is 1.63 bits per heavy atom. The highest BCUT2D eigenvalue weighted by Crippen LogP contribution is 2.29. The molecule has 1 aliphatic heterocycles. The lowest BCUT2D eigenvalue weighted by atomic mass is 10.1. The summed E-state index contributed by atoms with van der Waals surface area (Å²) in [6.45, 7) is 4.52. The number of anilines is 2. The molecule has 0 bridgehead atoms. The van der Waals surface area contributed by atoms with E-state index in [0.29, 0.717) is 29.1 Å². The molecule has 3 aromatic carbocycles. The third-order valence-corrected chi connectivity index (χ3v) is 5.02. The summed E-state index contributed by atoms with van der Waals surface area (Å²) < 4.78 is 5.73. The molecule has 0 aliphatic carbocycles. The molecule has 0 atom stereocenters. The molecule has 0 radical (unpaired) electrons. The Bertz CT molecular complexity index is 1070. The van der Waals surface area contributed by atoms with E-state index in [2.05, 4.69) is 11.4 Å². The van der Waals surface area contributed by atoms with Crippen molar-refractivity contribution < 1.29 is 14.3 Å². The van der Waals surface area contributed by atoms with Gasteiger partial charge in [-0.25, -0.2) is 0 Å². The molecule has 2 amide bonds. The van der Waals surface area contributed by atoms with Gasteiger partial charge in [0.25, 0.3) is 11.8 Å². The van der Waals surface area contributed by atoms with Gasteiger partial charge in [0, 0.05) is 23.5 Å². The summed E-state index contributed by atoms with van der Waals surface area (Å²) in [5, 5.41) is 2.88. The maximum atomic E-state index is 12.9. The molecular weight excluding hydrogens is 376 g/mol. The number of carbonyl (C=O) groups is 2. The summed E-state index contributed by atoms with van der Waals surface area (Å²) >= 11 is 0.